The lowest BCUT2D eigenvalue weighted by molar-refractivity contribution is -0.167. The van der Waals surface area contributed by atoms with Crippen LogP contribution in [-0.2, 0) is 28.6 Å². The first-order valence-corrected chi connectivity index (χ1v) is 26.7. The van der Waals surface area contributed by atoms with Crippen LogP contribution < -0.4 is 0 Å². The minimum Gasteiger partial charge on any atom is -0.462 e. The summed E-state index contributed by atoms with van der Waals surface area (Å²) in [5, 5.41) is 0. The summed E-state index contributed by atoms with van der Waals surface area (Å²) in [7, 11) is 0. The fraction of sp³-hybridized carbons (Fsp3) is 0.678. The molecule has 0 saturated heterocycles. The van der Waals surface area contributed by atoms with E-state index < -0.39 is 6.10 Å². The van der Waals surface area contributed by atoms with Crippen molar-refractivity contribution in [2.24, 2.45) is 0 Å². The van der Waals surface area contributed by atoms with Crippen molar-refractivity contribution in [3.8, 4) is 0 Å². The van der Waals surface area contributed by atoms with Crippen LogP contribution in [0.2, 0.25) is 0 Å². The van der Waals surface area contributed by atoms with E-state index in [0.717, 1.165) is 116 Å². The van der Waals surface area contributed by atoms with Crippen LogP contribution in [-0.4, -0.2) is 37.2 Å². The maximum Gasteiger partial charge on any atom is 0.306 e. The van der Waals surface area contributed by atoms with Gasteiger partial charge in [-0.25, -0.2) is 0 Å². The standard InChI is InChI=1S/C59H98O6/c1-4-7-10-13-16-19-22-25-28-29-30-32-34-37-40-43-46-49-52-58(61)64-55-56(54-63-57(60)51-48-45-42-39-36-33-27-24-21-18-15-12-9-6-3)65-59(62)53-50-47-44-41-38-35-31-26-23-20-17-14-11-8-5-2/h8,11,15,17-20,22,24,26-29,31,38,41,56H,4-7,9-10,12-14,16,21,23,25,30,32-37,39-40,42-55H2,1-3H3/b11-8-,18-15-,20-17-,22-19-,27-24-,29-28-,31-26-,41-38-. The Labute approximate surface area is 400 Å². The summed E-state index contributed by atoms with van der Waals surface area (Å²) in [4.78, 5) is 38.0. The van der Waals surface area contributed by atoms with Gasteiger partial charge in [0, 0.05) is 19.3 Å². The van der Waals surface area contributed by atoms with Gasteiger partial charge in [0.25, 0.3) is 0 Å². The first-order valence-electron chi connectivity index (χ1n) is 26.7. The van der Waals surface area contributed by atoms with Gasteiger partial charge < -0.3 is 14.2 Å². The molecule has 0 amide bonds. The van der Waals surface area contributed by atoms with Crippen LogP contribution in [0, 0.1) is 0 Å². The van der Waals surface area contributed by atoms with Crippen LogP contribution in [0.3, 0.4) is 0 Å². The zero-order chi connectivity index (χ0) is 47.2. The predicted molar refractivity (Wildman–Crippen MR) is 279 cm³/mol. The van der Waals surface area contributed by atoms with Gasteiger partial charge >= 0.3 is 17.9 Å². The van der Waals surface area contributed by atoms with Gasteiger partial charge in [0.15, 0.2) is 6.10 Å². The van der Waals surface area contributed by atoms with Crippen LogP contribution in [0.15, 0.2) is 97.2 Å². The number of carbonyl (C=O) groups is 3. The molecule has 370 valence electrons. The maximum atomic E-state index is 12.8. The summed E-state index contributed by atoms with van der Waals surface area (Å²) >= 11 is 0. The highest BCUT2D eigenvalue weighted by atomic mass is 16.6. The second kappa shape index (κ2) is 52.9. The van der Waals surface area contributed by atoms with Gasteiger partial charge in [-0.05, 0) is 116 Å². The topological polar surface area (TPSA) is 78.9 Å². The Morgan fingerprint density at radius 2 is 0.615 bits per heavy atom. The van der Waals surface area contributed by atoms with E-state index >= 15 is 0 Å². The summed E-state index contributed by atoms with van der Waals surface area (Å²) in [6, 6.07) is 0. The van der Waals surface area contributed by atoms with E-state index in [4.69, 9.17) is 14.2 Å². The Kier molecular flexibility index (Phi) is 50.0. The van der Waals surface area contributed by atoms with Gasteiger partial charge in [0.2, 0.25) is 0 Å². The highest BCUT2D eigenvalue weighted by Gasteiger charge is 2.19. The minimum atomic E-state index is -0.809. The molecule has 1 atom stereocenters. The lowest BCUT2D eigenvalue weighted by atomic mass is 10.1. The molecule has 0 N–H and O–H groups in total. The van der Waals surface area contributed by atoms with Crippen LogP contribution in [0.25, 0.3) is 0 Å². The van der Waals surface area contributed by atoms with Crippen LogP contribution in [0.1, 0.15) is 239 Å². The second-order valence-corrected chi connectivity index (χ2v) is 17.4. The number of rotatable bonds is 47. The van der Waals surface area contributed by atoms with Crippen molar-refractivity contribution in [1.82, 2.24) is 0 Å². The maximum absolute atomic E-state index is 12.8. The zero-order valence-corrected chi connectivity index (χ0v) is 42.2. The normalized spacial score (nSPS) is 12.8. The predicted octanol–water partition coefficient (Wildman–Crippen LogP) is 17.8. The molecule has 0 heterocycles. The highest BCUT2D eigenvalue weighted by Crippen LogP contribution is 2.13. The number of hydrogen-bond donors (Lipinski definition) is 0. The Balaban J connectivity index is 4.48. The molecule has 0 bridgehead atoms. The van der Waals surface area contributed by atoms with Gasteiger partial charge in [0.05, 0.1) is 0 Å². The monoisotopic (exact) mass is 903 g/mol. The Morgan fingerprint density at radius 1 is 0.323 bits per heavy atom. The molecule has 6 nitrogen and oxygen atoms in total. The third kappa shape index (κ3) is 51.2. The molecular weight excluding hydrogens is 805 g/mol. The molecular formula is C59H98O6. The van der Waals surface area contributed by atoms with E-state index in [9.17, 15) is 14.4 Å². The van der Waals surface area contributed by atoms with Crippen molar-refractivity contribution in [2.75, 3.05) is 13.2 Å². The highest BCUT2D eigenvalue weighted by molar-refractivity contribution is 5.71. The minimum absolute atomic E-state index is 0.104. The van der Waals surface area contributed by atoms with E-state index in [1.807, 2.05) is 0 Å². The molecule has 6 heteroatoms. The van der Waals surface area contributed by atoms with E-state index in [-0.39, 0.29) is 37.5 Å². The molecule has 0 fully saturated rings. The van der Waals surface area contributed by atoms with Gasteiger partial charge in [-0.1, -0.05) is 201 Å². The first-order chi connectivity index (χ1) is 32.0. The number of hydrogen-bond acceptors (Lipinski definition) is 6. The van der Waals surface area contributed by atoms with Crippen LogP contribution >= 0.6 is 0 Å². The first kappa shape index (κ1) is 61.3. The molecule has 0 aromatic heterocycles. The molecule has 0 rings (SSSR count). The number of carbonyl (C=O) groups excluding carboxylic acids is 3. The van der Waals surface area contributed by atoms with Crippen molar-refractivity contribution in [3.63, 3.8) is 0 Å². The third-order valence-electron chi connectivity index (χ3n) is 11.0. The fourth-order valence-electron chi connectivity index (χ4n) is 7.01. The molecule has 0 aliphatic carbocycles. The lowest BCUT2D eigenvalue weighted by Crippen LogP contribution is -2.30. The average Bonchev–Trinajstić information content (AvgIpc) is 3.30. The molecule has 0 radical (unpaired) electrons. The largest absolute Gasteiger partial charge is 0.462 e. The summed E-state index contributed by atoms with van der Waals surface area (Å²) in [6.45, 7) is 6.41. The molecule has 0 aliphatic heterocycles. The number of esters is 3. The van der Waals surface area contributed by atoms with Crippen LogP contribution in [0.4, 0.5) is 0 Å². The van der Waals surface area contributed by atoms with Gasteiger partial charge in [-0.2, -0.15) is 0 Å². The average molecular weight is 903 g/mol. The molecule has 0 aromatic rings. The zero-order valence-electron chi connectivity index (χ0n) is 42.2. The van der Waals surface area contributed by atoms with Crippen molar-refractivity contribution >= 4 is 17.9 Å². The van der Waals surface area contributed by atoms with Crippen LogP contribution in [0.5, 0.6) is 0 Å². The summed E-state index contributed by atoms with van der Waals surface area (Å²) < 4.78 is 16.8. The SMILES string of the molecule is CC/C=C\C/C=C\C/C=C\C/C=C\CCCCC(=O)OC(COC(=O)CCCCCCC/C=C\C/C=C\CCCC)COC(=O)CCCCCCCCC/C=C\C/C=C\CCCCCC. The Hall–Kier alpha value is -3.67. The molecule has 0 spiro atoms. The molecule has 0 aliphatic rings. The number of unbranched alkanes of at least 4 members (excludes halogenated alkanes) is 20. The van der Waals surface area contributed by atoms with Crippen molar-refractivity contribution in [2.45, 2.75) is 245 Å². The van der Waals surface area contributed by atoms with Crippen molar-refractivity contribution in [3.05, 3.63) is 97.2 Å². The van der Waals surface area contributed by atoms with E-state index in [0.29, 0.717) is 19.3 Å². The van der Waals surface area contributed by atoms with E-state index in [2.05, 4.69) is 118 Å². The molecule has 65 heavy (non-hydrogen) atoms. The summed E-state index contributed by atoms with van der Waals surface area (Å²) in [5.74, 6) is -0.969. The van der Waals surface area contributed by atoms with Gasteiger partial charge in [-0.15, -0.1) is 0 Å². The lowest BCUT2D eigenvalue weighted by Gasteiger charge is -2.18. The van der Waals surface area contributed by atoms with Crippen molar-refractivity contribution in [1.29, 1.82) is 0 Å². The van der Waals surface area contributed by atoms with Gasteiger partial charge in [0.1, 0.15) is 13.2 Å². The fourth-order valence-corrected chi connectivity index (χ4v) is 7.01. The Morgan fingerprint density at radius 3 is 1.02 bits per heavy atom. The molecule has 1 unspecified atom stereocenters. The number of allylic oxidation sites excluding steroid dienone is 16. The molecule has 0 saturated carbocycles. The summed E-state index contributed by atoms with van der Waals surface area (Å²) in [5.41, 5.74) is 0. The molecule has 0 aromatic carbocycles. The van der Waals surface area contributed by atoms with E-state index in [1.165, 1.54) is 77.0 Å². The third-order valence-corrected chi connectivity index (χ3v) is 11.0. The second-order valence-electron chi connectivity index (χ2n) is 17.4. The Bertz CT molecular complexity index is 1310. The van der Waals surface area contributed by atoms with Crippen molar-refractivity contribution < 1.29 is 28.6 Å². The van der Waals surface area contributed by atoms with E-state index in [1.54, 1.807) is 0 Å². The number of ether oxygens (including phenoxy) is 3. The summed E-state index contributed by atoms with van der Waals surface area (Å²) in [6.07, 6.45) is 69.6. The van der Waals surface area contributed by atoms with Gasteiger partial charge in [-0.3, -0.25) is 14.4 Å². The smallest absolute Gasteiger partial charge is 0.306 e. The quantitative estimate of drug-likeness (QED) is 0.0262.